The van der Waals surface area contributed by atoms with E-state index in [0.29, 0.717) is 24.6 Å². The SMILES string of the molecule is O=C(O)Cn1cc(CNC(=O)CC2CCC2)nn1. The molecule has 0 radical (unpaired) electrons. The van der Waals surface area contributed by atoms with Crippen molar-refractivity contribution in [3.05, 3.63) is 11.9 Å². The highest BCUT2D eigenvalue weighted by atomic mass is 16.4. The van der Waals surface area contributed by atoms with Crippen LogP contribution in [0.25, 0.3) is 0 Å². The molecule has 0 aliphatic heterocycles. The van der Waals surface area contributed by atoms with Crippen molar-refractivity contribution in [3.8, 4) is 0 Å². The second-order valence-electron chi connectivity index (χ2n) is 4.58. The Morgan fingerprint density at radius 2 is 2.28 bits per heavy atom. The van der Waals surface area contributed by atoms with Crippen molar-refractivity contribution >= 4 is 11.9 Å². The zero-order valence-electron chi connectivity index (χ0n) is 10.0. The smallest absolute Gasteiger partial charge is 0.325 e. The summed E-state index contributed by atoms with van der Waals surface area (Å²) < 4.78 is 1.23. The van der Waals surface area contributed by atoms with Crippen LogP contribution in [0.3, 0.4) is 0 Å². The van der Waals surface area contributed by atoms with Gasteiger partial charge in [-0.3, -0.25) is 9.59 Å². The molecule has 1 aromatic heterocycles. The zero-order valence-corrected chi connectivity index (χ0v) is 10.0. The number of carbonyl (C=O) groups is 2. The number of aromatic nitrogens is 3. The number of nitrogens with one attached hydrogen (secondary N) is 1. The van der Waals surface area contributed by atoms with Gasteiger partial charge in [0, 0.05) is 6.42 Å². The average Bonchev–Trinajstić information content (AvgIpc) is 2.67. The first-order valence-electron chi connectivity index (χ1n) is 6.01. The minimum absolute atomic E-state index is 0.0208. The summed E-state index contributed by atoms with van der Waals surface area (Å²) in [6, 6.07) is 0. The van der Waals surface area contributed by atoms with E-state index in [1.165, 1.54) is 17.3 Å². The van der Waals surface area contributed by atoms with Gasteiger partial charge in [0.15, 0.2) is 0 Å². The van der Waals surface area contributed by atoms with E-state index >= 15 is 0 Å². The molecule has 18 heavy (non-hydrogen) atoms. The van der Waals surface area contributed by atoms with Crippen molar-refractivity contribution in [2.45, 2.75) is 38.8 Å². The van der Waals surface area contributed by atoms with E-state index in [2.05, 4.69) is 15.6 Å². The van der Waals surface area contributed by atoms with Gasteiger partial charge in [-0.15, -0.1) is 5.10 Å². The van der Waals surface area contributed by atoms with Crippen LogP contribution >= 0.6 is 0 Å². The molecule has 0 spiro atoms. The van der Waals surface area contributed by atoms with Crippen molar-refractivity contribution in [3.63, 3.8) is 0 Å². The standard InChI is InChI=1S/C11H16N4O3/c16-10(4-8-2-1-3-8)12-5-9-6-15(14-13-9)7-11(17)18/h6,8H,1-5,7H2,(H,12,16)(H,17,18). The molecule has 0 saturated heterocycles. The number of aliphatic carboxylic acids is 1. The molecule has 0 unspecified atom stereocenters. The molecule has 1 aromatic rings. The van der Waals surface area contributed by atoms with Crippen LogP contribution in [-0.4, -0.2) is 32.0 Å². The fraction of sp³-hybridized carbons (Fsp3) is 0.636. The van der Waals surface area contributed by atoms with E-state index in [1.807, 2.05) is 0 Å². The maximum Gasteiger partial charge on any atom is 0.325 e. The van der Waals surface area contributed by atoms with Gasteiger partial charge in [-0.2, -0.15) is 0 Å². The van der Waals surface area contributed by atoms with Gasteiger partial charge in [0.1, 0.15) is 12.2 Å². The number of nitrogens with zero attached hydrogens (tertiary/aromatic N) is 3. The Morgan fingerprint density at radius 3 is 2.89 bits per heavy atom. The highest BCUT2D eigenvalue weighted by molar-refractivity contribution is 5.76. The average molecular weight is 252 g/mol. The highest BCUT2D eigenvalue weighted by Crippen LogP contribution is 2.29. The quantitative estimate of drug-likeness (QED) is 0.752. The van der Waals surface area contributed by atoms with Crippen LogP contribution in [-0.2, 0) is 22.7 Å². The molecule has 2 rings (SSSR count). The molecule has 1 aliphatic carbocycles. The molecule has 0 aromatic carbocycles. The molecule has 98 valence electrons. The molecule has 7 heteroatoms. The maximum atomic E-state index is 11.5. The molecule has 1 amide bonds. The monoisotopic (exact) mass is 252 g/mol. The predicted molar refractivity (Wildman–Crippen MR) is 61.5 cm³/mol. The number of rotatable bonds is 6. The Bertz CT molecular complexity index is 439. The van der Waals surface area contributed by atoms with E-state index in [9.17, 15) is 9.59 Å². The van der Waals surface area contributed by atoms with Crippen LogP contribution in [0.5, 0.6) is 0 Å². The van der Waals surface area contributed by atoms with Crippen molar-refractivity contribution < 1.29 is 14.7 Å². The van der Waals surface area contributed by atoms with Gasteiger partial charge in [0.2, 0.25) is 5.91 Å². The van der Waals surface area contributed by atoms with Gasteiger partial charge in [-0.05, 0) is 18.8 Å². The van der Waals surface area contributed by atoms with Gasteiger partial charge in [-0.1, -0.05) is 11.6 Å². The number of carboxylic acid groups (broad SMARTS) is 1. The Morgan fingerprint density at radius 1 is 1.50 bits per heavy atom. The molecule has 0 atom stereocenters. The third kappa shape index (κ3) is 3.54. The summed E-state index contributed by atoms with van der Waals surface area (Å²) in [4.78, 5) is 22.0. The third-order valence-electron chi connectivity index (χ3n) is 3.05. The second-order valence-corrected chi connectivity index (χ2v) is 4.58. The normalized spacial score (nSPS) is 15.1. The summed E-state index contributed by atoms with van der Waals surface area (Å²) in [5.74, 6) is -0.416. The zero-order chi connectivity index (χ0) is 13.0. The van der Waals surface area contributed by atoms with Gasteiger partial charge < -0.3 is 10.4 Å². The molecular weight excluding hydrogens is 236 g/mol. The van der Waals surface area contributed by atoms with Crippen LogP contribution in [0, 0.1) is 5.92 Å². The molecule has 0 bridgehead atoms. The minimum Gasteiger partial charge on any atom is -0.480 e. The molecule has 1 aliphatic rings. The van der Waals surface area contributed by atoms with Gasteiger partial charge in [0.25, 0.3) is 0 Å². The predicted octanol–water partition coefficient (Wildman–Crippen LogP) is 0.169. The van der Waals surface area contributed by atoms with E-state index < -0.39 is 5.97 Å². The fourth-order valence-electron chi connectivity index (χ4n) is 1.86. The summed E-state index contributed by atoms with van der Waals surface area (Å²) in [5.41, 5.74) is 0.568. The topological polar surface area (TPSA) is 97.1 Å². The molecule has 7 nitrogen and oxygen atoms in total. The summed E-state index contributed by atoms with van der Waals surface area (Å²) in [7, 11) is 0. The minimum atomic E-state index is -0.972. The van der Waals surface area contributed by atoms with Gasteiger partial charge in [-0.25, -0.2) is 4.68 Å². The summed E-state index contributed by atoms with van der Waals surface area (Å²) in [5, 5.41) is 18.8. The van der Waals surface area contributed by atoms with Crippen molar-refractivity contribution in [1.29, 1.82) is 0 Å². The lowest BCUT2D eigenvalue weighted by atomic mass is 9.83. The summed E-state index contributed by atoms with van der Waals surface area (Å²) in [6.45, 7) is 0.0776. The second kappa shape index (κ2) is 5.61. The van der Waals surface area contributed by atoms with Crippen molar-refractivity contribution in [2.24, 2.45) is 5.92 Å². The number of amides is 1. The van der Waals surface area contributed by atoms with E-state index in [0.717, 1.165) is 12.8 Å². The lowest BCUT2D eigenvalue weighted by Gasteiger charge is -2.24. The summed E-state index contributed by atoms with van der Waals surface area (Å²) in [6.07, 6.45) is 5.60. The molecule has 1 heterocycles. The van der Waals surface area contributed by atoms with Crippen LogP contribution in [0.1, 0.15) is 31.4 Å². The van der Waals surface area contributed by atoms with Crippen LogP contribution in [0.2, 0.25) is 0 Å². The van der Waals surface area contributed by atoms with Crippen LogP contribution < -0.4 is 5.32 Å². The van der Waals surface area contributed by atoms with Gasteiger partial charge in [0.05, 0.1) is 12.7 Å². The van der Waals surface area contributed by atoms with Crippen LogP contribution in [0.15, 0.2) is 6.20 Å². The Hall–Kier alpha value is -1.92. The first-order chi connectivity index (χ1) is 8.63. The molecule has 2 N–H and O–H groups in total. The lowest BCUT2D eigenvalue weighted by Crippen LogP contribution is -2.27. The molecular formula is C11H16N4O3. The number of hydrogen-bond donors (Lipinski definition) is 2. The number of carboxylic acids is 1. The highest BCUT2D eigenvalue weighted by Gasteiger charge is 2.20. The van der Waals surface area contributed by atoms with Gasteiger partial charge >= 0.3 is 5.97 Å². The first kappa shape index (κ1) is 12.5. The Labute approximate surface area is 104 Å². The van der Waals surface area contributed by atoms with E-state index in [4.69, 9.17) is 5.11 Å². The third-order valence-corrected chi connectivity index (χ3v) is 3.05. The Balaban J connectivity index is 1.73. The molecule has 1 saturated carbocycles. The Kier molecular flexibility index (Phi) is 3.91. The lowest BCUT2D eigenvalue weighted by molar-refractivity contribution is -0.138. The van der Waals surface area contributed by atoms with Crippen molar-refractivity contribution in [2.75, 3.05) is 0 Å². The maximum absolute atomic E-state index is 11.5. The molecule has 1 fully saturated rings. The first-order valence-corrected chi connectivity index (χ1v) is 6.01. The number of carbonyl (C=O) groups excluding carboxylic acids is 1. The van der Waals surface area contributed by atoms with E-state index in [-0.39, 0.29) is 12.5 Å². The largest absolute Gasteiger partial charge is 0.480 e. The number of hydrogen-bond acceptors (Lipinski definition) is 4. The van der Waals surface area contributed by atoms with Crippen molar-refractivity contribution in [1.82, 2.24) is 20.3 Å². The van der Waals surface area contributed by atoms with Crippen LogP contribution in [0.4, 0.5) is 0 Å². The fourth-order valence-corrected chi connectivity index (χ4v) is 1.86. The summed E-state index contributed by atoms with van der Waals surface area (Å²) >= 11 is 0. The van der Waals surface area contributed by atoms with E-state index in [1.54, 1.807) is 0 Å².